The molecule has 0 radical (unpaired) electrons. The normalized spacial score (nSPS) is 10.2. The lowest BCUT2D eigenvalue weighted by molar-refractivity contribution is 0.0998. The second kappa shape index (κ2) is 5.00. The summed E-state index contributed by atoms with van der Waals surface area (Å²) in [5.41, 5.74) is 11.6. The molecular formula is C14H14N2O4. The van der Waals surface area contributed by atoms with Crippen molar-refractivity contribution in [1.82, 2.24) is 0 Å². The topological polar surface area (TPSA) is 119 Å². The zero-order valence-electron chi connectivity index (χ0n) is 10.8. The van der Waals surface area contributed by atoms with Gasteiger partial charge in [0.1, 0.15) is 17.2 Å². The van der Waals surface area contributed by atoms with Crippen LogP contribution in [0.15, 0.2) is 30.3 Å². The third-order valence-electron chi connectivity index (χ3n) is 2.91. The van der Waals surface area contributed by atoms with Gasteiger partial charge in [0.05, 0.1) is 18.2 Å². The Morgan fingerprint density at radius 1 is 1.20 bits per heavy atom. The van der Waals surface area contributed by atoms with E-state index in [0.29, 0.717) is 17.0 Å². The fourth-order valence-corrected chi connectivity index (χ4v) is 1.97. The van der Waals surface area contributed by atoms with Gasteiger partial charge in [-0.3, -0.25) is 4.79 Å². The smallest absolute Gasteiger partial charge is 0.252 e. The molecule has 0 aliphatic rings. The van der Waals surface area contributed by atoms with Crippen LogP contribution >= 0.6 is 0 Å². The van der Waals surface area contributed by atoms with Crippen molar-refractivity contribution in [2.24, 2.45) is 5.73 Å². The maximum atomic E-state index is 11.3. The molecule has 6 nitrogen and oxygen atoms in total. The number of carbonyl (C=O) groups is 1. The fourth-order valence-electron chi connectivity index (χ4n) is 1.97. The molecule has 0 aliphatic carbocycles. The van der Waals surface area contributed by atoms with Crippen LogP contribution in [0.25, 0.3) is 11.1 Å². The number of aromatic hydroxyl groups is 2. The van der Waals surface area contributed by atoms with E-state index in [-0.39, 0.29) is 16.9 Å². The maximum absolute atomic E-state index is 11.3. The van der Waals surface area contributed by atoms with Crippen LogP contribution in [0.3, 0.4) is 0 Å². The van der Waals surface area contributed by atoms with Crippen molar-refractivity contribution in [1.29, 1.82) is 0 Å². The average Bonchev–Trinajstić information content (AvgIpc) is 2.38. The lowest BCUT2D eigenvalue weighted by atomic mass is 9.98. The van der Waals surface area contributed by atoms with Crippen molar-refractivity contribution < 1.29 is 19.7 Å². The van der Waals surface area contributed by atoms with Crippen LogP contribution in [-0.2, 0) is 0 Å². The highest BCUT2D eigenvalue weighted by Gasteiger charge is 2.20. The molecule has 0 unspecified atom stereocenters. The standard InChI is InChI=1S/C14H14N2O4/c1-20-11-5-2-7(15)6-9(11)12-10(17)4-3-8(13(12)18)14(16)19/h2-6,17-18H,15H2,1H3,(H2,16,19). The molecule has 2 aromatic carbocycles. The fraction of sp³-hybridized carbons (Fsp3) is 0.0714. The minimum atomic E-state index is -0.799. The molecule has 6 N–H and O–H groups in total. The SMILES string of the molecule is COc1ccc(N)cc1-c1c(O)ccc(C(N)=O)c1O. The number of nitrogen functional groups attached to an aromatic ring is 1. The third kappa shape index (κ3) is 2.18. The summed E-state index contributed by atoms with van der Waals surface area (Å²) in [4.78, 5) is 11.3. The first-order valence-electron chi connectivity index (χ1n) is 5.74. The summed E-state index contributed by atoms with van der Waals surface area (Å²) in [6, 6.07) is 7.26. The van der Waals surface area contributed by atoms with Crippen LogP contribution in [0.1, 0.15) is 10.4 Å². The zero-order valence-corrected chi connectivity index (χ0v) is 10.8. The first kappa shape index (κ1) is 13.5. The Labute approximate surface area is 115 Å². The van der Waals surface area contributed by atoms with E-state index in [0.717, 1.165) is 0 Å². The molecule has 0 fully saturated rings. The van der Waals surface area contributed by atoms with Gasteiger partial charge in [-0.05, 0) is 30.3 Å². The summed E-state index contributed by atoms with van der Waals surface area (Å²) in [7, 11) is 1.45. The first-order chi connectivity index (χ1) is 9.45. The molecule has 0 saturated heterocycles. The summed E-state index contributed by atoms with van der Waals surface area (Å²) >= 11 is 0. The van der Waals surface area contributed by atoms with Crippen LogP contribution in [-0.4, -0.2) is 23.2 Å². The van der Waals surface area contributed by atoms with Crippen molar-refractivity contribution in [2.75, 3.05) is 12.8 Å². The summed E-state index contributed by atoms with van der Waals surface area (Å²) in [6.07, 6.45) is 0. The van der Waals surface area contributed by atoms with Gasteiger partial charge in [0.2, 0.25) is 0 Å². The molecule has 20 heavy (non-hydrogen) atoms. The number of anilines is 1. The lowest BCUT2D eigenvalue weighted by Gasteiger charge is -2.14. The minimum Gasteiger partial charge on any atom is -0.507 e. The number of carbonyl (C=O) groups excluding carboxylic acids is 1. The van der Waals surface area contributed by atoms with Crippen molar-refractivity contribution in [3.8, 4) is 28.4 Å². The molecule has 2 rings (SSSR count). The lowest BCUT2D eigenvalue weighted by Crippen LogP contribution is -2.11. The summed E-state index contributed by atoms with van der Waals surface area (Å²) in [5.74, 6) is -1.03. The number of rotatable bonds is 3. The average molecular weight is 274 g/mol. The predicted molar refractivity (Wildman–Crippen MR) is 74.7 cm³/mol. The zero-order chi connectivity index (χ0) is 14.9. The number of ether oxygens (including phenoxy) is 1. The van der Waals surface area contributed by atoms with Gasteiger partial charge in [-0.1, -0.05) is 0 Å². The van der Waals surface area contributed by atoms with Crippen molar-refractivity contribution >= 4 is 11.6 Å². The largest absolute Gasteiger partial charge is 0.507 e. The van der Waals surface area contributed by atoms with E-state index in [2.05, 4.69) is 0 Å². The van der Waals surface area contributed by atoms with Gasteiger partial charge in [0.15, 0.2) is 0 Å². The second-order valence-corrected chi connectivity index (χ2v) is 4.18. The number of nitrogens with two attached hydrogens (primary N) is 2. The Morgan fingerprint density at radius 3 is 2.50 bits per heavy atom. The monoisotopic (exact) mass is 274 g/mol. The number of methoxy groups -OCH3 is 1. The summed E-state index contributed by atoms with van der Waals surface area (Å²) < 4.78 is 5.17. The Morgan fingerprint density at radius 2 is 1.90 bits per heavy atom. The number of primary amides is 1. The van der Waals surface area contributed by atoms with E-state index < -0.39 is 11.7 Å². The van der Waals surface area contributed by atoms with Crippen LogP contribution in [0, 0.1) is 0 Å². The van der Waals surface area contributed by atoms with Crippen LogP contribution in [0.2, 0.25) is 0 Å². The molecule has 0 aromatic heterocycles. The molecule has 0 aliphatic heterocycles. The van der Waals surface area contributed by atoms with Crippen molar-refractivity contribution in [2.45, 2.75) is 0 Å². The van der Waals surface area contributed by atoms with E-state index in [9.17, 15) is 15.0 Å². The molecule has 6 heteroatoms. The Kier molecular flexibility index (Phi) is 3.39. The highest BCUT2D eigenvalue weighted by molar-refractivity contribution is 5.99. The van der Waals surface area contributed by atoms with Crippen LogP contribution in [0.4, 0.5) is 5.69 Å². The minimum absolute atomic E-state index is 0.0467. The molecule has 0 spiro atoms. The van der Waals surface area contributed by atoms with Gasteiger partial charge in [-0.25, -0.2) is 0 Å². The Bertz CT molecular complexity index is 683. The number of hydrogen-bond acceptors (Lipinski definition) is 5. The Balaban J connectivity index is 2.78. The van der Waals surface area contributed by atoms with Gasteiger partial charge in [-0.2, -0.15) is 0 Å². The molecule has 104 valence electrons. The molecule has 0 atom stereocenters. The second-order valence-electron chi connectivity index (χ2n) is 4.18. The van der Waals surface area contributed by atoms with E-state index in [1.807, 2.05) is 0 Å². The molecule has 0 saturated carbocycles. The first-order valence-corrected chi connectivity index (χ1v) is 5.74. The van der Waals surface area contributed by atoms with Gasteiger partial charge >= 0.3 is 0 Å². The summed E-state index contributed by atoms with van der Waals surface area (Å²) in [5, 5.41) is 20.1. The van der Waals surface area contributed by atoms with E-state index in [1.54, 1.807) is 12.1 Å². The van der Waals surface area contributed by atoms with E-state index in [4.69, 9.17) is 16.2 Å². The van der Waals surface area contributed by atoms with Crippen LogP contribution in [0.5, 0.6) is 17.2 Å². The predicted octanol–water partition coefficient (Wildman–Crippen LogP) is 1.45. The highest BCUT2D eigenvalue weighted by Crippen LogP contribution is 2.44. The molecule has 2 aromatic rings. The van der Waals surface area contributed by atoms with Crippen LogP contribution < -0.4 is 16.2 Å². The van der Waals surface area contributed by atoms with Crippen molar-refractivity contribution in [3.05, 3.63) is 35.9 Å². The quantitative estimate of drug-likeness (QED) is 0.632. The number of phenols is 2. The van der Waals surface area contributed by atoms with Gasteiger partial charge in [0, 0.05) is 11.3 Å². The van der Waals surface area contributed by atoms with Gasteiger partial charge in [-0.15, -0.1) is 0 Å². The molecule has 1 amide bonds. The number of amides is 1. The molecule has 0 heterocycles. The van der Waals surface area contributed by atoms with Crippen molar-refractivity contribution in [3.63, 3.8) is 0 Å². The van der Waals surface area contributed by atoms with Gasteiger partial charge < -0.3 is 26.4 Å². The Hall–Kier alpha value is -2.89. The number of benzene rings is 2. The third-order valence-corrected chi connectivity index (χ3v) is 2.91. The number of hydrogen-bond donors (Lipinski definition) is 4. The van der Waals surface area contributed by atoms with E-state index in [1.165, 1.54) is 25.3 Å². The maximum Gasteiger partial charge on any atom is 0.252 e. The number of phenolic OH excluding ortho intramolecular Hbond substituents is 1. The summed E-state index contributed by atoms with van der Waals surface area (Å²) in [6.45, 7) is 0. The highest BCUT2D eigenvalue weighted by atomic mass is 16.5. The molecule has 0 bridgehead atoms. The van der Waals surface area contributed by atoms with Gasteiger partial charge in [0.25, 0.3) is 5.91 Å². The van der Waals surface area contributed by atoms with E-state index >= 15 is 0 Å². The molecular weight excluding hydrogens is 260 g/mol.